The number of piperazine rings is 1. The number of carbonyl (C=O) groups excluding carboxylic acids is 1. The molecule has 0 bridgehead atoms. The number of nitrogens with zero attached hydrogens (tertiary/aromatic N) is 2. The van der Waals surface area contributed by atoms with Crippen LogP contribution in [0.25, 0.3) is 10.9 Å². The van der Waals surface area contributed by atoms with E-state index >= 15 is 0 Å². The van der Waals surface area contributed by atoms with Crippen molar-refractivity contribution in [2.75, 3.05) is 37.6 Å². The van der Waals surface area contributed by atoms with Crippen molar-refractivity contribution in [2.45, 2.75) is 76.7 Å². The number of H-pyrrole nitrogens is 1. The maximum Gasteiger partial charge on any atom is 0.223 e. The Kier molecular flexibility index (Phi) is 7.55. The summed E-state index contributed by atoms with van der Waals surface area (Å²) in [6.07, 6.45) is 16.0. The first-order chi connectivity index (χ1) is 16.3. The van der Waals surface area contributed by atoms with Gasteiger partial charge >= 0.3 is 0 Å². The summed E-state index contributed by atoms with van der Waals surface area (Å²) >= 11 is 0. The Morgan fingerprint density at radius 3 is 2.42 bits per heavy atom. The third-order valence-corrected chi connectivity index (χ3v) is 8.43. The van der Waals surface area contributed by atoms with Gasteiger partial charge in [0.25, 0.3) is 0 Å². The molecule has 1 unspecified atom stereocenters. The second-order valence-corrected chi connectivity index (χ2v) is 10.8. The molecule has 5 nitrogen and oxygen atoms in total. The zero-order chi connectivity index (χ0) is 22.5. The Balaban J connectivity index is 1.19. The number of aromatic nitrogens is 1. The van der Waals surface area contributed by atoms with E-state index in [2.05, 4.69) is 44.4 Å². The second kappa shape index (κ2) is 10.9. The van der Waals surface area contributed by atoms with E-state index in [0.29, 0.717) is 11.9 Å². The first kappa shape index (κ1) is 22.8. The van der Waals surface area contributed by atoms with E-state index in [9.17, 15) is 4.79 Å². The molecule has 1 aromatic carbocycles. The van der Waals surface area contributed by atoms with E-state index in [0.717, 1.165) is 51.5 Å². The highest BCUT2D eigenvalue weighted by atomic mass is 16.1. The zero-order valence-electron chi connectivity index (χ0n) is 20.2. The average molecular weight is 451 g/mol. The highest BCUT2D eigenvalue weighted by Crippen LogP contribution is 2.30. The maximum absolute atomic E-state index is 13.1. The Morgan fingerprint density at radius 1 is 0.939 bits per heavy atom. The number of amides is 1. The van der Waals surface area contributed by atoms with Gasteiger partial charge in [0.2, 0.25) is 5.91 Å². The largest absolute Gasteiger partial charge is 0.368 e. The summed E-state index contributed by atoms with van der Waals surface area (Å²) in [7, 11) is 0. The molecule has 2 N–H and O–H groups in total. The molecule has 5 rings (SSSR count). The number of hydrogen-bond acceptors (Lipinski definition) is 3. The number of anilines is 1. The monoisotopic (exact) mass is 450 g/mol. The van der Waals surface area contributed by atoms with Crippen LogP contribution in [0.2, 0.25) is 0 Å². The lowest BCUT2D eigenvalue weighted by atomic mass is 9.84. The third-order valence-electron chi connectivity index (χ3n) is 8.43. The lowest BCUT2D eigenvalue weighted by Gasteiger charge is -2.39. The third kappa shape index (κ3) is 5.74. The van der Waals surface area contributed by atoms with Crippen LogP contribution in [0.5, 0.6) is 0 Å². The second-order valence-electron chi connectivity index (χ2n) is 10.8. The lowest BCUT2D eigenvalue weighted by molar-refractivity contribution is -0.127. The van der Waals surface area contributed by atoms with Crippen molar-refractivity contribution in [2.24, 2.45) is 11.8 Å². The van der Waals surface area contributed by atoms with Crippen molar-refractivity contribution < 1.29 is 4.79 Å². The highest BCUT2D eigenvalue weighted by molar-refractivity contribution is 5.92. The minimum absolute atomic E-state index is 0.256. The fourth-order valence-electron chi connectivity index (χ4n) is 6.52. The SMILES string of the molecule is O=C(NC(CC1CCCCC1)CN1CCN(c2cccc3[nH]ccc23)CC1)C1CCCCC1. The Bertz CT molecular complexity index is 888. The molecule has 1 amide bonds. The van der Waals surface area contributed by atoms with Crippen LogP contribution < -0.4 is 10.2 Å². The first-order valence-electron chi connectivity index (χ1n) is 13.6. The molecule has 180 valence electrons. The van der Waals surface area contributed by atoms with E-state index in [1.807, 2.05) is 6.20 Å². The standard InChI is InChI=1S/C28H42N4O/c33-28(23-10-5-2-6-11-23)30-24(20-22-8-3-1-4-9-22)21-31-16-18-32(19-17-31)27-13-7-12-26-25(27)14-15-29-26/h7,12-15,22-24,29H,1-6,8-11,16-21H2,(H,30,33). The fraction of sp³-hybridized carbons (Fsp3) is 0.679. The molecule has 2 aromatic rings. The van der Waals surface area contributed by atoms with Gasteiger partial charge in [-0.2, -0.15) is 0 Å². The molecule has 3 aliphatic rings. The minimum atomic E-state index is 0.256. The summed E-state index contributed by atoms with van der Waals surface area (Å²) in [4.78, 5) is 21.6. The van der Waals surface area contributed by atoms with Crippen LogP contribution in [-0.4, -0.2) is 54.6 Å². The van der Waals surface area contributed by atoms with Gasteiger partial charge in [-0.05, 0) is 43.4 Å². The molecular weight excluding hydrogens is 408 g/mol. The van der Waals surface area contributed by atoms with Crippen molar-refractivity contribution in [3.8, 4) is 0 Å². The number of carbonyl (C=O) groups is 1. The minimum Gasteiger partial charge on any atom is -0.368 e. The van der Waals surface area contributed by atoms with Crippen LogP contribution in [0.3, 0.4) is 0 Å². The fourth-order valence-corrected chi connectivity index (χ4v) is 6.52. The zero-order valence-corrected chi connectivity index (χ0v) is 20.2. The van der Waals surface area contributed by atoms with E-state index in [1.165, 1.54) is 74.4 Å². The molecule has 2 aliphatic carbocycles. The molecule has 2 saturated carbocycles. The van der Waals surface area contributed by atoms with Crippen LogP contribution >= 0.6 is 0 Å². The highest BCUT2D eigenvalue weighted by Gasteiger charge is 2.28. The molecule has 1 saturated heterocycles. The van der Waals surface area contributed by atoms with Crippen LogP contribution in [0.4, 0.5) is 5.69 Å². The smallest absolute Gasteiger partial charge is 0.223 e. The van der Waals surface area contributed by atoms with Crippen LogP contribution in [0.15, 0.2) is 30.5 Å². The molecule has 3 fully saturated rings. The summed E-state index contributed by atoms with van der Waals surface area (Å²) < 4.78 is 0. The van der Waals surface area contributed by atoms with Gasteiger partial charge in [0, 0.05) is 67.5 Å². The average Bonchev–Trinajstić information content (AvgIpc) is 3.35. The quantitative estimate of drug-likeness (QED) is 0.600. The molecule has 1 atom stereocenters. The van der Waals surface area contributed by atoms with E-state index in [1.54, 1.807) is 0 Å². The van der Waals surface area contributed by atoms with Gasteiger partial charge in [-0.3, -0.25) is 9.69 Å². The molecule has 5 heteroatoms. The summed E-state index contributed by atoms with van der Waals surface area (Å²) in [5, 5.41) is 4.87. The van der Waals surface area contributed by atoms with E-state index in [-0.39, 0.29) is 5.92 Å². The predicted octanol–water partition coefficient (Wildman–Crippen LogP) is 5.33. The molecule has 0 spiro atoms. The molecule has 33 heavy (non-hydrogen) atoms. The van der Waals surface area contributed by atoms with Crippen LogP contribution in [0.1, 0.15) is 70.6 Å². The van der Waals surface area contributed by atoms with Gasteiger partial charge in [0.15, 0.2) is 0 Å². The van der Waals surface area contributed by atoms with Gasteiger partial charge in [-0.25, -0.2) is 0 Å². The lowest BCUT2D eigenvalue weighted by Crippen LogP contribution is -2.52. The van der Waals surface area contributed by atoms with Gasteiger partial charge in [-0.15, -0.1) is 0 Å². The summed E-state index contributed by atoms with van der Waals surface area (Å²) in [6.45, 7) is 5.26. The van der Waals surface area contributed by atoms with E-state index in [4.69, 9.17) is 0 Å². The summed E-state index contributed by atoms with van der Waals surface area (Å²) in [5.74, 6) is 1.39. The Hall–Kier alpha value is -2.01. The number of benzene rings is 1. The van der Waals surface area contributed by atoms with E-state index < -0.39 is 0 Å². The molecule has 1 aromatic heterocycles. The Labute approximate surface area is 199 Å². The topological polar surface area (TPSA) is 51.4 Å². The maximum atomic E-state index is 13.1. The summed E-state index contributed by atoms with van der Waals surface area (Å²) in [5.41, 5.74) is 2.56. The molecule has 2 heterocycles. The van der Waals surface area contributed by atoms with Crippen molar-refractivity contribution in [3.05, 3.63) is 30.5 Å². The van der Waals surface area contributed by atoms with Crippen LogP contribution in [-0.2, 0) is 4.79 Å². The van der Waals surface area contributed by atoms with Crippen molar-refractivity contribution in [1.29, 1.82) is 0 Å². The summed E-state index contributed by atoms with van der Waals surface area (Å²) in [6, 6.07) is 9.06. The van der Waals surface area contributed by atoms with Crippen molar-refractivity contribution in [1.82, 2.24) is 15.2 Å². The normalized spacial score (nSPS) is 22.5. The van der Waals surface area contributed by atoms with Crippen molar-refractivity contribution >= 4 is 22.5 Å². The van der Waals surface area contributed by atoms with Crippen molar-refractivity contribution in [3.63, 3.8) is 0 Å². The van der Waals surface area contributed by atoms with Gasteiger partial charge in [-0.1, -0.05) is 57.4 Å². The number of rotatable bonds is 7. The number of hydrogen-bond donors (Lipinski definition) is 2. The Morgan fingerprint density at radius 2 is 1.67 bits per heavy atom. The van der Waals surface area contributed by atoms with Gasteiger partial charge in [0.1, 0.15) is 0 Å². The van der Waals surface area contributed by atoms with Gasteiger partial charge < -0.3 is 15.2 Å². The van der Waals surface area contributed by atoms with Crippen LogP contribution in [0, 0.1) is 11.8 Å². The number of nitrogens with one attached hydrogen (secondary N) is 2. The number of fused-ring (bicyclic) bond motifs is 1. The first-order valence-corrected chi connectivity index (χ1v) is 13.6. The molecular formula is C28H42N4O. The predicted molar refractivity (Wildman–Crippen MR) is 137 cm³/mol. The van der Waals surface area contributed by atoms with Gasteiger partial charge in [0.05, 0.1) is 0 Å². The molecule has 1 aliphatic heterocycles. The number of aromatic amines is 1. The molecule has 0 radical (unpaired) electrons.